The molecule has 1 heterocycles. The fraction of sp³-hybridized carbons (Fsp3) is 0.480. The minimum atomic E-state index is -0.168. The number of aromatic hydroxyl groups is 1. The van der Waals surface area contributed by atoms with E-state index in [1.165, 1.54) is 5.56 Å². The lowest BCUT2D eigenvalue weighted by atomic mass is 9.79. The molecule has 1 fully saturated rings. The van der Waals surface area contributed by atoms with Gasteiger partial charge in [-0.3, -0.25) is 9.69 Å². The molecule has 1 amide bonds. The lowest BCUT2D eigenvalue weighted by Gasteiger charge is -2.47. The number of rotatable bonds is 7. The Bertz CT molecular complexity index is 840. The van der Waals surface area contributed by atoms with Crippen molar-refractivity contribution in [3.63, 3.8) is 0 Å². The molecular weight excluding hydrogens is 445 g/mol. The number of hydrogen-bond donors (Lipinski definition) is 2. The van der Waals surface area contributed by atoms with Crippen molar-refractivity contribution in [3.8, 4) is 5.75 Å². The summed E-state index contributed by atoms with van der Waals surface area (Å²) in [6.07, 6.45) is 1.70. The number of carbonyl (C=O) groups is 1. The Kier molecular flexibility index (Phi) is 11.0. The van der Waals surface area contributed by atoms with E-state index in [9.17, 15) is 9.90 Å². The van der Waals surface area contributed by atoms with Gasteiger partial charge in [0.1, 0.15) is 5.75 Å². The Hall–Kier alpha value is -1.79. The third-order valence-corrected chi connectivity index (χ3v) is 6.81. The van der Waals surface area contributed by atoms with Gasteiger partial charge in [0.15, 0.2) is 0 Å². The van der Waals surface area contributed by atoms with Gasteiger partial charge in [-0.1, -0.05) is 49.4 Å². The molecule has 7 heteroatoms. The minimum Gasteiger partial charge on any atom is -0.508 e. The average Bonchev–Trinajstić information content (AvgIpc) is 2.77. The van der Waals surface area contributed by atoms with Crippen LogP contribution in [0.1, 0.15) is 36.8 Å². The predicted octanol–water partition coefficient (Wildman–Crippen LogP) is 4.25. The van der Waals surface area contributed by atoms with Gasteiger partial charge in [-0.2, -0.15) is 0 Å². The largest absolute Gasteiger partial charge is 0.508 e. The van der Waals surface area contributed by atoms with Crippen molar-refractivity contribution in [3.05, 3.63) is 65.7 Å². The van der Waals surface area contributed by atoms with Gasteiger partial charge in [0.2, 0.25) is 5.91 Å². The zero-order valence-electron chi connectivity index (χ0n) is 19.5. The lowest BCUT2D eigenvalue weighted by Crippen LogP contribution is -2.53. The summed E-state index contributed by atoms with van der Waals surface area (Å²) in [6.45, 7) is 4.25. The topological polar surface area (TPSA) is 55.8 Å². The number of amides is 1. The molecule has 2 aromatic carbocycles. The summed E-state index contributed by atoms with van der Waals surface area (Å²) in [5.74, 6) is 0.574. The summed E-state index contributed by atoms with van der Waals surface area (Å²) in [7, 11) is 6.08. The summed E-state index contributed by atoms with van der Waals surface area (Å²) in [6, 6.07) is 17.8. The van der Waals surface area contributed by atoms with Crippen LogP contribution in [0.25, 0.3) is 0 Å². The standard InChI is InChI=1S/C25H35N3O2.2ClH/c1-19(20-9-6-5-7-10-20)23(18-26-2)24(30)28-15-13-25(14-16-28,27(3)4)21-11-8-12-22(29)17-21;;/h5-12,17,19,23,26,29H,13-16,18H2,1-4H3;2*1H/t19-,23+;;/m0../s1. The van der Waals surface area contributed by atoms with E-state index in [0.29, 0.717) is 19.6 Å². The molecule has 1 aliphatic heterocycles. The molecule has 0 bridgehead atoms. The van der Waals surface area contributed by atoms with Crippen LogP contribution in [0, 0.1) is 5.92 Å². The first-order valence-corrected chi connectivity index (χ1v) is 10.8. The van der Waals surface area contributed by atoms with Gasteiger partial charge in [0, 0.05) is 25.2 Å². The number of likely N-dealkylation sites (tertiary alicyclic amines) is 1. The van der Waals surface area contributed by atoms with E-state index in [2.05, 4.69) is 49.4 Å². The molecule has 178 valence electrons. The molecule has 0 unspecified atom stereocenters. The molecule has 5 nitrogen and oxygen atoms in total. The van der Waals surface area contributed by atoms with Gasteiger partial charge in [-0.05, 0) is 63.2 Å². The van der Waals surface area contributed by atoms with E-state index in [1.807, 2.05) is 42.3 Å². The second-order valence-corrected chi connectivity index (χ2v) is 8.67. The highest BCUT2D eigenvalue weighted by molar-refractivity contribution is 5.85. The predicted molar refractivity (Wildman–Crippen MR) is 136 cm³/mol. The van der Waals surface area contributed by atoms with Crippen LogP contribution in [-0.4, -0.2) is 61.6 Å². The normalized spacial score (nSPS) is 17.1. The van der Waals surface area contributed by atoms with E-state index in [4.69, 9.17) is 0 Å². The van der Waals surface area contributed by atoms with Crippen LogP contribution < -0.4 is 5.32 Å². The van der Waals surface area contributed by atoms with Crippen LogP contribution in [0.2, 0.25) is 0 Å². The molecule has 2 aromatic rings. The smallest absolute Gasteiger partial charge is 0.227 e. The zero-order chi connectivity index (χ0) is 21.7. The summed E-state index contributed by atoms with van der Waals surface area (Å²) in [5, 5.41) is 13.2. The highest BCUT2D eigenvalue weighted by Crippen LogP contribution is 2.39. The van der Waals surface area contributed by atoms with Crippen LogP contribution in [0.5, 0.6) is 5.75 Å². The maximum absolute atomic E-state index is 13.5. The second-order valence-electron chi connectivity index (χ2n) is 8.67. The van der Waals surface area contributed by atoms with Crippen LogP contribution >= 0.6 is 24.8 Å². The quantitative estimate of drug-likeness (QED) is 0.620. The molecule has 1 saturated heterocycles. The van der Waals surface area contributed by atoms with Gasteiger partial charge in [-0.25, -0.2) is 0 Å². The number of carbonyl (C=O) groups excluding carboxylic acids is 1. The maximum atomic E-state index is 13.5. The van der Waals surface area contributed by atoms with E-state index in [1.54, 1.807) is 6.07 Å². The molecule has 0 aliphatic carbocycles. The summed E-state index contributed by atoms with van der Waals surface area (Å²) in [5.41, 5.74) is 2.15. The third-order valence-electron chi connectivity index (χ3n) is 6.81. The molecule has 2 atom stereocenters. The SMILES string of the molecule is CNC[C@@H](C(=O)N1CCC(c2cccc(O)c2)(N(C)C)CC1)[C@@H](C)c1ccccc1.Cl.Cl. The molecule has 2 N–H and O–H groups in total. The Morgan fingerprint density at radius 2 is 1.72 bits per heavy atom. The summed E-state index contributed by atoms with van der Waals surface area (Å²) in [4.78, 5) is 17.8. The van der Waals surface area contributed by atoms with E-state index >= 15 is 0 Å². The highest BCUT2D eigenvalue weighted by atomic mass is 35.5. The molecule has 0 radical (unpaired) electrons. The Balaban J connectivity index is 0.00000256. The van der Waals surface area contributed by atoms with Crippen LogP contribution in [0.15, 0.2) is 54.6 Å². The monoisotopic (exact) mass is 481 g/mol. The molecule has 0 spiro atoms. The highest BCUT2D eigenvalue weighted by Gasteiger charge is 2.41. The number of phenols is 1. The third kappa shape index (κ3) is 5.96. The zero-order valence-corrected chi connectivity index (χ0v) is 21.1. The van der Waals surface area contributed by atoms with Crippen molar-refractivity contribution in [2.24, 2.45) is 5.92 Å². The van der Waals surface area contributed by atoms with Crippen molar-refractivity contribution in [2.45, 2.75) is 31.2 Å². The fourth-order valence-electron chi connectivity index (χ4n) is 4.81. The number of halogens is 2. The van der Waals surface area contributed by atoms with Crippen LogP contribution in [0.4, 0.5) is 0 Å². The second kappa shape index (κ2) is 12.4. The first kappa shape index (κ1) is 28.2. The number of benzene rings is 2. The number of piperidine rings is 1. The van der Waals surface area contributed by atoms with E-state index < -0.39 is 0 Å². The van der Waals surface area contributed by atoms with Crippen molar-refractivity contribution in [1.29, 1.82) is 0 Å². The maximum Gasteiger partial charge on any atom is 0.227 e. The van der Waals surface area contributed by atoms with E-state index in [-0.39, 0.29) is 53.8 Å². The summed E-state index contributed by atoms with van der Waals surface area (Å²) < 4.78 is 0. The Morgan fingerprint density at radius 1 is 1.09 bits per heavy atom. The molecule has 0 saturated carbocycles. The average molecular weight is 482 g/mol. The molecule has 1 aliphatic rings. The number of phenolic OH excluding ortho intramolecular Hbond substituents is 1. The lowest BCUT2D eigenvalue weighted by molar-refractivity contribution is -0.138. The summed E-state index contributed by atoms with van der Waals surface area (Å²) >= 11 is 0. The molecule has 3 rings (SSSR count). The molecule has 0 aromatic heterocycles. The van der Waals surface area contributed by atoms with Gasteiger partial charge in [0.25, 0.3) is 0 Å². The van der Waals surface area contributed by atoms with Crippen LogP contribution in [0.3, 0.4) is 0 Å². The molecule has 32 heavy (non-hydrogen) atoms. The van der Waals surface area contributed by atoms with Crippen molar-refractivity contribution < 1.29 is 9.90 Å². The van der Waals surface area contributed by atoms with Gasteiger partial charge in [0.05, 0.1) is 5.92 Å². The van der Waals surface area contributed by atoms with E-state index in [0.717, 1.165) is 18.4 Å². The van der Waals surface area contributed by atoms with Gasteiger partial charge < -0.3 is 15.3 Å². The molecular formula is C25H37Cl2N3O2. The Labute approximate surface area is 205 Å². The van der Waals surface area contributed by atoms with Gasteiger partial charge in [-0.15, -0.1) is 24.8 Å². The van der Waals surface area contributed by atoms with Crippen LogP contribution in [-0.2, 0) is 10.3 Å². The first-order chi connectivity index (χ1) is 14.4. The van der Waals surface area contributed by atoms with Crippen molar-refractivity contribution >= 4 is 30.7 Å². The van der Waals surface area contributed by atoms with Gasteiger partial charge >= 0.3 is 0 Å². The van der Waals surface area contributed by atoms with Crippen molar-refractivity contribution in [1.82, 2.24) is 15.1 Å². The first-order valence-electron chi connectivity index (χ1n) is 10.8. The number of nitrogens with one attached hydrogen (secondary N) is 1. The Morgan fingerprint density at radius 3 is 2.25 bits per heavy atom. The fourth-order valence-corrected chi connectivity index (χ4v) is 4.81. The number of hydrogen-bond acceptors (Lipinski definition) is 4. The van der Waals surface area contributed by atoms with Crippen molar-refractivity contribution in [2.75, 3.05) is 40.8 Å². The number of nitrogens with zero attached hydrogens (tertiary/aromatic N) is 2. The minimum absolute atomic E-state index is 0.